The lowest BCUT2D eigenvalue weighted by atomic mass is 10.0. The minimum atomic E-state index is -5.15. The molecule has 1 heterocycles. The second-order valence-corrected chi connectivity index (χ2v) is 9.10. The summed E-state index contributed by atoms with van der Waals surface area (Å²) in [7, 11) is -9.56. The van der Waals surface area contributed by atoms with Gasteiger partial charge >= 0.3 is 15.2 Å². The van der Waals surface area contributed by atoms with Gasteiger partial charge in [0.1, 0.15) is 42.4 Å². The molecule has 1 aliphatic rings. The molecule has 10 N–H and O–H groups in total. The first-order chi connectivity index (χ1) is 13.3. The second-order valence-electron chi connectivity index (χ2n) is 6.25. The fourth-order valence-corrected chi connectivity index (χ4v) is 3.18. The van der Waals surface area contributed by atoms with Gasteiger partial charge in [0, 0.05) is 0 Å². The van der Waals surface area contributed by atoms with Gasteiger partial charge in [-0.1, -0.05) is 0 Å². The molecule has 0 bridgehead atoms. The zero-order valence-corrected chi connectivity index (χ0v) is 16.8. The van der Waals surface area contributed by atoms with Crippen LogP contribution in [-0.4, -0.2) is 133 Å². The molecule has 1 rings (SSSR count). The largest absolute Gasteiger partial charge is 0.391 e. The zero-order chi connectivity index (χ0) is 24.2. The number of hydrogen-bond acceptors (Lipinski definition) is 14. The monoisotopic (exact) mass is 488 g/mol. The molecule has 18 heteroatoms. The first kappa shape index (κ1) is 29.1. The summed E-state index contributed by atoms with van der Waals surface area (Å²) in [5, 5.41) is 70.2. The Bertz CT molecular complexity index is 763. The standard InChI is InChI=1S/2C6H12O8S/c7-3-2(1-15(11,12)13)14-6(10)5(9)4(3)8;1-2(7)3(8)4(9)5(10)6(11)15(12,13)14/h2-10H,1H2,(H,11,12,13);2-5,7-10H,1H3,(H,12,13,14)/t2-,3-,4+,5-,6?;2-,3-,4+,5-/m11/s1. The van der Waals surface area contributed by atoms with Crippen molar-refractivity contribution in [3.05, 3.63) is 0 Å². The van der Waals surface area contributed by atoms with E-state index in [2.05, 4.69) is 4.74 Å². The molecule has 1 saturated heterocycles. The van der Waals surface area contributed by atoms with E-state index in [1.54, 1.807) is 0 Å². The lowest BCUT2D eigenvalue weighted by Gasteiger charge is -2.37. The first-order valence-electron chi connectivity index (χ1n) is 7.87. The van der Waals surface area contributed by atoms with Gasteiger partial charge in [0.15, 0.2) is 12.4 Å². The summed E-state index contributed by atoms with van der Waals surface area (Å²) in [6, 6.07) is 0. The predicted octanol–water partition coefficient (Wildman–Crippen LogP) is -6.46. The third kappa shape index (κ3) is 8.70. The average Bonchev–Trinajstić information content (AvgIpc) is 2.60. The lowest BCUT2D eigenvalue weighted by molar-refractivity contribution is -0.276. The molecule has 0 radical (unpaired) electrons. The molecule has 0 saturated carbocycles. The van der Waals surface area contributed by atoms with Gasteiger partial charge < -0.3 is 45.6 Å². The molecule has 0 aliphatic carbocycles. The number of hydrogen-bond donors (Lipinski definition) is 10. The van der Waals surface area contributed by atoms with E-state index < -0.39 is 86.2 Å². The van der Waals surface area contributed by atoms with Crippen molar-refractivity contribution in [3.63, 3.8) is 0 Å². The Kier molecular flexibility index (Phi) is 10.8. The molecular formula is C12H24O16S2. The molecule has 0 aromatic carbocycles. The van der Waals surface area contributed by atoms with Crippen LogP contribution in [-0.2, 0) is 29.8 Å². The van der Waals surface area contributed by atoms with Crippen molar-refractivity contribution in [2.75, 3.05) is 5.75 Å². The van der Waals surface area contributed by atoms with Gasteiger partial charge in [-0.15, -0.1) is 0 Å². The van der Waals surface area contributed by atoms with Crippen LogP contribution in [0.2, 0.25) is 0 Å². The number of carbonyl (C=O) groups excluding carboxylic acids is 1. The van der Waals surface area contributed by atoms with Crippen LogP contribution in [0.4, 0.5) is 0 Å². The second kappa shape index (κ2) is 11.1. The van der Waals surface area contributed by atoms with Gasteiger partial charge in [0.05, 0.1) is 6.10 Å². The Morgan fingerprint density at radius 1 is 0.867 bits per heavy atom. The first-order valence-corrected chi connectivity index (χ1v) is 10.9. The van der Waals surface area contributed by atoms with E-state index >= 15 is 0 Å². The molecule has 30 heavy (non-hydrogen) atoms. The van der Waals surface area contributed by atoms with Crippen molar-refractivity contribution in [1.29, 1.82) is 0 Å². The van der Waals surface area contributed by atoms with Crippen molar-refractivity contribution in [2.24, 2.45) is 0 Å². The van der Waals surface area contributed by atoms with Crippen molar-refractivity contribution in [3.8, 4) is 0 Å². The summed E-state index contributed by atoms with van der Waals surface area (Å²) in [4.78, 5) is 10.7. The van der Waals surface area contributed by atoms with E-state index in [0.717, 1.165) is 6.92 Å². The minimum Gasteiger partial charge on any atom is -0.391 e. The van der Waals surface area contributed by atoms with E-state index in [1.165, 1.54) is 0 Å². The molecule has 0 amide bonds. The van der Waals surface area contributed by atoms with E-state index in [9.17, 15) is 26.7 Å². The van der Waals surface area contributed by atoms with E-state index in [1.807, 2.05) is 0 Å². The SMILES string of the molecule is C[C@@H](O)[C@@H](O)[C@H](O)[C@@H](O)C(=O)S(=O)(=O)O.O=S(=O)(O)C[C@H]1OC(O)[C@H](O)[C@@H](O)[C@@H]1O. The number of aliphatic hydroxyl groups is 8. The molecule has 0 aromatic heterocycles. The molecule has 0 aromatic rings. The Labute approximate surface area is 170 Å². The van der Waals surface area contributed by atoms with Crippen LogP contribution in [0.5, 0.6) is 0 Å². The van der Waals surface area contributed by atoms with Gasteiger partial charge in [-0.25, -0.2) is 0 Å². The summed E-state index contributed by atoms with van der Waals surface area (Å²) in [6.45, 7) is 1.05. The van der Waals surface area contributed by atoms with Crippen molar-refractivity contribution >= 4 is 25.4 Å². The smallest absolute Gasteiger partial charge is 0.331 e. The number of carbonyl (C=O) groups is 1. The van der Waals surface area contributed by atoms with Crippen LogP contribution < -0.4 is 0 Å². The Hall–Kier alpha value is -0.870. The summed E-state index contributed by atoms with van der Waals surface area (Å²) in [5.74, 6) is -0.977. The van der Waals surface area contributed by atoms with Crippen LogP contribution >= 0.6 is 0 Å². The minimum absolute atomic E-state index is 0.977. The normalized spacial score (nSPS) is 31.6. The predicted molar refractivity (Wildman–Crippen MR) is 91.6 cm³/mol. The highest BCUT2D eigenvalue weighted by Gasteiger charge is 2.44. The number of aliphatic hydroxyl groups excluding tert-OH is 8. The molecule has 9 atom stereocenters. The number of rotatable bonds is 6. The lowest BCUT2D eigenvalue weighted by Crippen LogP contribution is -2.59. The van der Waals surface area contributed by atoms with E-state index in [4.69, 9.17) is 44.9 Å². The van der Waals surface area contributed by atoms with Crippen LogP contribution in [0.25, 0.3) is 0 Å². The van der Waals surface area contributed by atoms with Crippen molar-refractivity contribution in [1.82, 2.24) is 0 Å². The van der Waals surface area contributed by atoms with E-state index in [0.29, 0.717) is 0 Å². The topological polar surface area (TPSA) is 297 Å². The highest BCUT2D eigenvalue weighted by Crippen LogP contribution is 2.20. The Morgan fingerprint density at radius 3 is 1.70 bits per heavy atom. The fourth-order valence-electron chi connectivity index (χ4n) is 2.04. The summed E-state index contributed by atoms with van der Waals surface area (Å²) in [6.07, 6.45) is -16.6. The average molecular weight is 488 g/mol. The molecule has 1 aliphatic heterocycles. The highest BCUT2D eigenvalue weighted by atomic mass is 32.2. The maximum absolute atomic E-state index is 10.7. The molecule has 0 spiro atoms. The van der Waals surface area contributed by atoms with Crippen LogP contribution in [0.3, 0.4) is 0 Å². The van der Waals surface area contributed by atoms with Crippen LogP contribution in [0.15, 0.2) is 0 Å². The van der Waals surface area contributed by atoms with Gasteiger partial charge in [-0.05, 0) is 6.92 Å². The summed E-state index contributed by atoms with van der Waals surface area (Å²) in [5.41, 5.74) is 0. The van der Waals surface area contributed by atoms with Crippen LogP contribution in [0.1, 0.15) is 6.92 Å². The summed E-state index contributed by atoms with van der Waals surface area (Å²) < 4.78 is 62.7. The molecule has 16 nitrogen and oxygen atoms in total. The number of ether oxygens (including phenoxy) is 1. The Balaban J connectivity index is 0.000000561. The highest BCUT2D eigenvalue weighted by molar-refractivity contribution is 8.01. The maximum atomic E-state index is 10.7. The zero-order valence-electron chi connectivity index (χ0n) is 15.1. The Morgan fingerprint density at radius 2 is 1.33 bits per heavy atom. The van der Waals surface area contributed by atoms with Crippen molar-refractivity contribution < 1.29 is 76.3 Å². The molecule has 1 unspecified atom stereocenters. The molecular weight excluding hydrogens is 464 g/mol. The third-order valence-corrected chi connectivity index (χ3v) is 5.23. The fraction of sp³-hybridized carbons (Fsp3) is 0.917. The molecule has 1 fully saturated rings. The quantitative estimate of drug-likeness (QED) is 0.155. The van der Waals surface area contributed by atoms with Gasteiger partial charge in [-0.3, -0.25) is 13.9 Å². The van der Waals surface area contributed by atoms with Crippen LogP contribution in [0, 0.1) is 0 Å². The van der Waals surface area contributed by atoms with Gasteiger partial charge in [0.25, 0.3) is 10.1 Å². The van der Waals surface area contributed by atoms with Gasteiger partial charge in [-0.2, -0.15) is 16.8 Å². The maximum Gasteiger partial charge on any atom is 0.331 e. The van der Waals surface area contributed by atoms with E-state index in [-0.39, 0.29) is 0 Å². The van der Waals surface area contributed by atoms with Crippen molar-refractivity contribution in [2.45, 2.75) is 62.0 Å². The molecule has 180 valence electrons. The summed E-state index contributed by atoms with van der Waals surface area (Å²) >= 11 is 0. The third-order valence-electron chi connectivity index (χ3n) is 3.73. The van der Waals surface area contributed by atoms with Gasteiger partial charge in [0.2, 0.25) is 0 Å².